The fourth-order valence-electron chi connectivity index (χ4n) is 4.01. The monoisotopic (exact) mass is 250 g/mol. The molecule has 2 rings (SSSR count). The summed E-state index contributed by atoms with van der Waals surface area (Å²) in [6, 6.07) is 0. The van der Waals surface area contributed by atoms with Crippen LogP contribution in [0, 0.1) is 23.7 Å². The fraction of sp³-hybridized carbons (Fsp3) is 0.812. The van der Waals surface area contributed by atoms with Gasteiger partial charge in [0, 0.05) is 5.57 Å². The molecule has 0 radical (unpaired) electrons. The molecule has 5 atom stereocenters. The number of carbonyl (C=O) groups is 1. The number of ether oxygens (including phenoxy) is 1. The molecule has 5 unspecified atom stereocenters. The van der Waals surface area contributed by atoms with Gasteiger partial charge in [0.05, 0.1) is 0 Å². The molecule has 0 aromatic carbocycles. The van der Waals surface area contributed by atoms with Gasteiger partial charge in [-0.3, -0.25) is 0 Å². The number of hydrogen-bond donors (Lipinski definition) is 0. The van der Waals surface area contributed by atoms with Crippen molar-refractivity contribution in [1.82, 2.24) is 0 Å². The van der Waals surface area contributed by atoms with Crippen LogP contribution in [0.15, 0.2) is 12.2 Å². The van der Waals surface area contributed by atoms with Gasteiger partial charge >= 0.3 is 5.97 Å². The van der Waals surface area contributed by atoms with E-state index in [1.807, 2.05) is 0 Å². The van der Waals surface area contributed by atoms with Gasteiger partial charge in [0.15, 0.2) is 0 Å². The van der Waals surface area contributed by atoms with Crippen molar-refractivity contribution < 1.29 is 9.53 Å². The highest BCUT2D eigenvalue weighted by Crippen LogP contribution is 2.51. The third-order valence-corrected chi connectivity index (χ3v) is 5.18. The summed E-state index contributed by atoms with van der Waals surface area (Å²) in [6.07, 6.45) is 4.97. The van der Waals surface area contributed by atoms with Gasteiger partial charge in [-0.25, -0.2) is 4.79 Å². The molecule has 102 valence electrons. The van der Waals surface area contributed by atoms with Crippen LogP contribution in [-0.4, -0.2) is 11.6 Å². The summed E-state index contributed by atoms with van der Waals surface area (Å²) >= 11 is 0. The summed E-state index contributed by atoms with van der Waals surface area (Å²) in [4.78, 5) is 11.9. The Morgan fingerprint density at radius 2 is 1.89 bits per heavy atom. The molecule has 0 aromatic heterocycles. The Kier molecular flexibility index (Phi) is 3.57. The second-order valence-electron chi connectivity index (χ2n) is 6.87. The van der Waals surface area contributed by atoms with Crippen LogP contribution in [0.2, 0.25) is 0 Å². The minimum Gasteiger partial charge on any atom is -0.455 e. The minimum atomic E-state index is -0.290. The van der Waals surface area contributed by atoms with Gasteiger partial charge < -0.3 is 4.74 Å². The van der Waals surface area contributed by atoms with E-state index in [0.29, 0.717) is 17.4 Å². The van der Waals surface area contributed by atoms with Gasteiger partial charge in [-0.15, -0.1) is 0 Å². The summed E-state index contributed by atoms with van der Waals surface area (Å²) in [5.74, 6) is 2.37. The average Bonchev–Trinajstić information content (AvgIpc) is 2.26. The zero-order valence-corrected chi connectivity index (χ0v) is 12.2. The van der Waals surface area contributed by atoms with E-state index in [0.717, 1.165) is 11.8 Å². The van der Waals surface area contributed by atoms with Crippen molar-refractivity contribution in [3.63, 3.8) is 0 Å². The smallest absolute Gasteiger partial charge is 0.333 e. The number of rotatable bonds is 2. The van der Waals surface area contributed by atoms with Gasteiger partial charge in [-0.2, -0.15) is 0 Å². The average molecular weight is 250 g/mol. The predicted octanol–water partition coefficient (Wildman–Crippen LogP) is 3.96. The molecule has 0 saturated heterocycles. The molecule has 2 aliphatic carbocycles. The molecule has 0 aromatic rings. The predicted molar refractivity (Wildman–Crippen MR) is 73.1 cm³/mol. The molecule has 2 nitrogen and oxygen atoms in total. The minimum absolute atomic E-state index is 0.221. The lowest BCUT2D eigenvalue weighted by Gasteiger charge is -2.52. The van der Waals surface area contributed by atoms with Gasteiger partial charge in [-0.05, 0) is 63.2 Å². The molecular formula is C16H26O2. The van der Waals surface area contributed by atoms with Crippen LogP contribution in [0.1, 0.15) is 53.4 Å². The summed E-state index contributed by atoms with van der Waals surface area (Å²) in [7, 11) is 0. The zero-order chi connectivity index (χ0) is 13.5. The zero-order valence-electron chi connectivity index (χ0n) is 12.2. The first kappa shape index (κ1) is 13.6. The van der Waals surface area contributed by atoms with Gasteiger partial charge in [0.2, 0.25) is 0 Å². The van der Waals surface area contributed by atoms with E-state index in [-0.39, 0.29) is 11.6 Å². The highest BCUT2D eigenvalue weighted by molar-refractivity contribution is 5.87. The molecule has 0 N–H and O–H groups in total. The van der Waals surface area contributed by atoms with E-state index in [2.05, 4.69) is 27.4 Å². The van der Waals surface area contributed by atoms with E-state index in [4.69, 9.17) is 4.74 Å². The molecular weight excluding hydrogens is 224 g/mol. The summed E-state index contributed by atoms with van der Waals surface area (Å²) in [5, 5.41) is 0. The van der Waals surface area contributed by atoms with Crippen molar-refractivity contribution in [1.29, 1.82) is 0 Å². The number of hydrogen-bond acceptors (Lipinski definition) is 2. The largest absolute Gasteiger partial charge is 0.455 e. The van der Waals surface area contributed by atoms with Gasteiger partial charge in [0.25, 0.3) is 0 Å². The summed E-state index contributed by atoms with van der Waals surface area (Å²) in [5.41, 5.74) is 0.218. The molecule has 0 heterocycles. The molecule has 2 bridgehead atoms. The highest BCUT2D eigenvalue weighted by atomic mass is 16.6. The van der Waals surface area contributed by atoms with Gasteiger partial charge in [-0.1, -0.05) is 20.4 Å². The van der Waals surface area contributed by atoms with Crippen LogP contribution < -0.4 is 0 Å². The van der Waals surface area contributed by atoms with Crippen LogP contribution in [0.4, 0.5) is 0 Å². The number of fused-ring (bicyclic) bond motifs is 2. The van der Waals surface area contributed by atoms with E-state index in [9.17, 15) is 4.79 Å². The van der Waals surface area contributed by atoms with Crippen LogP contribution in [0.25, 0.3) is 0 Å². The lowest BCUT2D eigenvalue weighted by molar-refractivity contribution is -0.180. The van der Waals surface area contributed by atoms with Crippen molar-refractivity contribution in [2.45, 2.75) is 59.0 Å². The number of carbonyl (C=O) groups excluding carboxylic acids is 1. The topological polar surface area (TPSA) is 26.3 Å². The molecule has 0 spiro atoms. The first-order valence-corrected chi connectivity index (χ1v) is 7.21. The molecule has 0 amide bonds. The first-order chi connectivity index (χ1) is 8.33. The van der Waals surface area contributed by atoms with Crippen molar-refractivity contribution in [2.75, 3.05) is 0 Å². The lowest BCUT2D eigenvalue weighted by Crippen LogP contribution is -2.52. The molecule has 2 aliphatic rings. The maximum absolute atomic E-state index is 11.9. The van der Waals surface area contributed by atoms with Crippen molar-refractivity contribution >= 4 is 5.97 Å². The molecule has 2 saturated carbocycles. The molecule has 18 heavy (non-hydrogen) atoms. The van der Waals surface area contributed by atoms with E-state index >= 15 is 0 Å². The second kappa shape index (κ2) is 4.71. The van der Waals surface area contributed by atoms with Crippen molar-refractivity contribution in [2.24, 2.45) is 23.7 Å². The Labute approximate surface area is 111 Å². The Morgan fingerprint density at radius 3 is 2.50 bits per heavy atom. The SMILES string of the molecule is C=C(C)C(=O)OC1(C)C(C)CC2CC(C)CC1C2. The van der Waals surface area contributed by atoms with E-state index in [1.54, 1.807) is 6.92 Å². The standard InChI is InChI=1S/C16H26O2/c1-10(2)15(17)18-16(5)12(4)8-13-6-11(3)7-14(16)9-13/h11-14H,1,6-9H2,2-5H3. The molecule has 2 heteroatoms. The van der Waals surface area contributed by atoms with Crippen molar-refractivity contribution in [3.05, 3.63) is 12.2 Å². The molecule has 0 aliphatic heterocycles. The Morgan fingerprint density at radius 1 is 1.22 bits per heavy atom. The maximum Gasteiger partial charge on any atom is 0.333 e. The van der Waals surface area contributed by atoms with Crippen LogP contribution >= 0.6 is 0 Å². The third kappa shape index (κ3) is 2.34. The Balaban J connectivity index is 2.18. The third-order valence-electron chi connectivity index (χ3n) is 5.18. The van der Waals surface area contributed by atoms with E-state index in [1.165, 1.54) is 25.7 Å². The maximum atomic E-state index is 11.9. The lowest BCUT2D eigenvalue weighted by atomic mass is 9.58. The second-order valence-corrected chi connectivity index (χ2v) is 6.87. The Hall–Kier alpha value is -0.790. The summed E-state index contributed by atoms with van der Waals surface area (Å²) in [6.45, 7) is 12.1. The molecule has 2 fully saturated rings. The quantitative estimate of drug-likeness (QED) is 0.548. The fourth-order valence-corrected chi connectivity index (χ4v) is 4.01. The van der Waals surface area contributed by atoms with Crippen LogP contribution in [0.3, 0.4) is 0 Å². The van der Waals surface area contributed by atoms with Gasteiger partial charge in [0.1, 0.15) is 5.60 Å². The summed E-state index contributed by atoms with van der Waals surface area (Å²) < 4.78 is 5.85. The first-order valence-electron chi connectivity index (χ1n) is 7.21. The van der Waals surface area contributed by atoms with Crippen LogP contribution in [0.5, 0.6) is 0 Å². The Bertz CT molecular complexity index is 356. The normalized spacial score (nSPS) is 43.3. The van der Waals surface area contributed by atoms with Crippen LogP contribution in [-0.2, 0) is 9.53 Å². The van der Waals surface area contributed by atoms with Crippen molar-refractivity contribution in [3.8, 4) is 0 Å². The highest BCUT2D eigenvalue weighted by Gasteiger charge is 2.50. The number of esters is 1. The van der Waals surface area contributed by atoms with E-state index < -0.39 is 0 Å².